The van der Waals surface area contributed by atoms with Crippen LogP contribution in [0, 0.1) is 16.4 Å². The Morgan fingerprint density at radius 3 is 2.68 bits per heavy atom. The maximum absolute atomic E-state index is 13.2. The van der Waals surface area contributed by atoms with E-state index in [2.05, 4.69) is 72.1 Å². The van der Waals surface area contributed by atoms with Crippen molar-refractivity contribution in [2.45, 2.75) is 64.1 Å². The molecule has 3 nitrogen and oxygen atoms in total. The molecule has 2 aromatic rings. The normalized spacial score (nSPS) is 26.2. The Hall–Kier alpha value is -1.40. The molecule has 2 unspecified atom stereocenters. The van der Waals surface area contributed by atoms with Crippen molar-refractivity contribution < 1.29 is 9.53 Å². The molecule has 0 amide bonds. The quantitative estimate of drug-likeness (QED) is 0.468. The van der Waals surface area contributed by atoms with Gasteiger partial charge in [-0.1, -0.05) is 48.9 Å². The fraction of sp³-hybridized carbons (Fsp3) is 0.458. The Kier molecular flexibility index (Phi) is 6.07. The fourth-order valence-corrected chi connectivity index (χ4v) is 5.66. The summed E-state index contributed by atoms with van der Waals surface area (Å²) >= 11 is 2.43. The predicted octanol–water partition coefficient (Wildman–Crippen LogP) is 5.13. The molecule has 0 aliphatic carbocycles. The van der Waals surface area contributed by atoms with Crippen molar-refractivity contribution in [1.82, 2.24) is 5.32 Å². The lowest BCUT2D eigenvalue weighted by Gasteiger charge is -2.36. The Morgan fingerprint density at radius 2 is 1.96 bits per heavy atom. The van der Waals surface area contributed by atoms with Crippen LogP contribution in [0.4, 0.5) is 0 Å². The summed E-state index contributed by atoms with van der Waals surface area (Å²) in [5.41, 5.74) is 4.93. The van der Waals surface area contributed by atoms with E-state index in [0.717, 1.165) is 31.2 Å². The Labute approximate surface area is 181 Å². The number of aryl methyl sites for hydroxylation is 2. The minimum Gasteiger partial charge on any atom is -0.461 e. The topological polar surface area (TPSA) is 38.3 Å². The van der Waals surface area contributed by atoms with E-state index in [-0.39, 0.29) is 23.8 Å². The Balaban J connectivity index is 1.54. The third-order valence-corrected chi connectivity index (χ3v) is 7.35. The third-order valence-electron chi connectivity index (χ3n) is 6.34. The molecular formula is C24H28INO2. The average Bonchev–Trinajstić information content (AvgIpc) is 3.08. The summed E-state index contributed by atoms with van der Waals surface area (Å²) in [5.74, 6) is 0.0779. The predicted molar refractivity (Wildman–Crippen MR) is 120 cm³/mol. The fourth-order valence-electron chi connectivity index (χ4n) is 4.74. The van der Waals surface area contributed by atoms with Gasteiger partial charge in [0.05, 0.1) is 5.92 Å². The molecule has 1 N–H and O–H groups in total. The molecule has 4 heteroatoms. The van der Waals surface area contributed by atoms with Crippen molar-refractivity contribution in [3.8, 4) is 0 Å². The number of carbonyl (C=O) groups excluding carboxylic acids is 1. The van der Waals surface area contributed by atoms with Crippen LogP contribution in [0.3, 0.4) is 0 Å². The van der Waals surface area contributed by atoms with Crippen molar-refractivity contribution in [2.24, 2.45) is 5.92 Å². The highest BCUT2D eigenvalue weighted by Gasteiger charge is 2.46. The van der Waals surface area contributed by atoms with Crippen molar-refractivity contribution in [3.05, 3.63) is 68.3 Å². The van der Waals surface area contributed by atoms with Gasteiger partial charge in [-0.3, -0.25) is 4.79 Å². The number of fused-ring (bicyclic) bond motifs is 2. The molecule has 0 saturated carbocycles. The maximum atomic E-state index is 13.2. The van der Waals surface area contributed by atoms with Gasteiger partial charge in [0, 0.05) is 21.6 Å². The van der Waals surface area contributed by atoms with Crippen LogP contribution < -0.4 is 5.32 Å². The number of carbonyl (C=O) groups is 1. The first-order chi connectivity index (χ1) is 13.5. The van der Waals surface area contributed by atoms with Crippen LogP contribution in [0.5, 0.6) is 0 Å². The van der Waals surface area contributed by atoms with Crippen LogP contribution in [0.2, 0.25) is 0 Å². The lowest BCUT2D eigenvalue weighted by molar-refractivity contribution is -0.152. The van der Waals surface area contributed by atoms with Crippen LogP contribution in [0.25, 0.3) is 0 Å². The second-order valence-electron chi connectivity index (χ2n) is 8.21. The number of piperidine rings is 1. The molecule has 0 aromatic heterocycles. The summed E-state index contributed by atoms with van der Waals surface area (Å²) in [6.07, 6.45) is 4.28. The number of rotatable bonds is 5. The number of esters is 1. The molecule has 28 heavy (non-hydrogen) atoms. The van der Waals surface area contributed by atoms with E-state index in [1.807, 2.05) is 12.1 Å². The summed E-state index contributed by atoms with van der Waals surface area (Å²) in [6, 6.07) is 15.7. The minimum absolute atomic E-state index is 0.0574. The Bertz CT molecular complexity index is 848. The molecule has 2 aliphatic heterocycles. The smallest absolute Gasteiger partial charge is 0.311 e. The van der Waals surface area contributed by atoms with Gasteiger partial charge in [0.2, 0.25) is 0 Å². The zero-order valence-electron chi connectivity index (χ0n) is 16.6. The molecule has 2 aromatic carbocycles. The third kappa shape index (κ3) is 4.13. The SMILES string of the molecule is CCc1ccc([C@H]2C[C@H]3CCC(N3)C2C(=O)OCc2ccc(C)cc2)cc1I. The van der Waals surface area contributed by atoms with Gasteiger partial charge < -0.3 is 10.1 Å². The molecule has 0 spiro atoms. The molecule has 2 aliphatic rings. The van der Waals surface area contributed by atoms with Gasteiger partial charge in [0.1, 0.15) is 6.61 Å². The van der Waals surface area contributed by atoms with Crippen LogP contribution in [0.15, 0.2) is 42.5 Å². The van der Waals surface area contributed by atoms with Crippen molar-refractivity contribution in [3.63, 3.8) is 0 Å². The molecule has 2 saturated heterocycles. The molecule has 2 fully saturated rings. The lowest BCUT2D eigenvalue weighted by Crippen LogP contribution is -2.48. The summed E-state index contributed by atoms with van der Waals surface area (Å²) in [6.45, 7) is 4.60. The minimum atomic E-state index is -0.104. The molecule has 2 bridgehead atoms. The van der Waals surface area contributed by atoms with Gasteiger partial charge >= 0.3 is 5.97 Å². The van der Waals surface area contributed by atoms with Crippen molar-refractivity contribution in [1.29, 1.82) is 0 Å². The number of nitrogens with one attached hydrogen (secondary N) is 1. The van der Waals surface area contributed by atoms with Gasteiger partial charge in [0.15, 0.2) is 0 Å². The van der Waals surface area contributed by atoms with Crippen molar-refractivity contribution in [2.75, 3.05) is 0 Å². The zero-order valence-corrected chi connectivity index (χ0v) is 18.7. The molecule has 4 atom stereocenters. The molecule has 4 rings (SSSR count). The monoisotopic (exact) mass is 489 g/mol. The maximum Gasteiger partial charge on any atom is 0.311 e. The van der Waals surface area contributed by atoms with Gasteiger partial charge in [-0.2, -0.15) is 0 Å². The number of hydrogen-bond donors (Lipinski definition) is 1. The van der Waals surface area contributed by atoms with Gasteiger partial charge in [-0.05, 0) is 78.0 Å². The second-order valence-corrected chi connectivity index (χ2v) is 9.38. The summed E-state index contributed by atoms with van der Waals surface area (Å²) in [4.78, 5) is 13.2. The molecule has 2 heterocycles. The van der Waals surface area contributed by atoms with Gasteiger partial charge in [0.25, 0.3) is 0 Å². The van der Waals surface area contributed by atoms with Crippen LogP contribution in [-0.2, 0) is 22.6 Å². The number of benzene rings is 2. The highest BCUT2D eigenvalue weighted by molar-refractivity contribution is 14.1. The summed E-state index contributed by atoms with van der Waals surface area (Å²) in [7, 11) is 0. The molecule has 0 radical (unpaired) electrons. The van der Waals surface area contributed by atoms with E-state index < -0.39 is 0 Å². The number of hydrogen-bond acceptors (Lipinski definition) is 3. The first-order valence-electron chi connectivity index (χ1n) is 10.3. The standard InChI is InChI=1S/C24H28INO2/c1-3-17-8-9-18(12-21(17)25)20-13-19-10-11-22(26-19)23(20)24(27)28-14-16-6-4-15(2)5-7-16/h4-9,12,19-20,22-23,26H,3,10-11,13-14H2,1-2H3/t19-,20-,22?,23?/m1/s1. The van der Waals surface area contributed by atoms with E-state index in [1.54, 1.807) is 0 Å². The largest absolute Gasteiger partial charge is 0.461 e. The van der Waals surface area contributed by atoms with E-state index in [9.17, 15) is 4.79 Å². The Morgan fingerprint density at radius 1 is 1.18 bits per heavy atom. The van der Waals surface area contributed by atoms with E-state index in [0.29, 0.717) is 12.6 Å². The second kappa shape index (κ2) is 8.54. The summed E-state index contributed by atoms with van der Waals surface area (Å²) < 4.78 is 7.11. The van der Waals surface area contributed by atoms with Crippen molar-refractivity contribution >= 4 is 28.6 Å². The highest BCUT2D eigenvalue weighted by atomic mass is 127. The van der Waals surface area contributed by atoms with Gasteiger partial charge in [-0.25, -0.2) is 0 Å². The first-order valence-corrected chi connectivity index (χ1v) is 11.4. The summed E-state index contributed by atoms with van der Waals surface area (Å²) in [5, 5.41) is 3.66. The first kappa shape index (κ1) is 19.9. The highest BCUT2D eigenvalue weighted by Crippen LogP contribution is 2.43. The number of ether oxygens (including phenoxy) is 1. The van der Waals surface area contributed by atoms with E-state index in [1.165, 1.54) is 20.3 Å². The van der Waals surface area contributed by atoms with E-state index in [4.69, 9.17) is 4.74 Å². The zero-order chi connectivity index (χ0) is 19.7. The van der Waals surface area contributed by atoms with Gasteiger partial charge in [-0.15, -0.1) is 0 Å². The number of halogens is 1. The molecular weight excluding hydrogens is 461 g/mol. The van der Waals surface area contributed by atoms with E-state index >= 15 is 0 Å². The average molecular weight is 489 g/mol. The van der Waals surface area contributed by atoms with Crippen LogP contribution >= 0.6 is 22.6 Å². The van der Waals surface area contributed by atoms with Crippen LogP contribution in [-0.4, -0.2) is 18.1 Å². The molecule has 148 valence electrons. The van der Waals surface area contributed by atoms with Crippen LogP contribution in [0.1, 0.15) is 54.4 Å². The lowest BCUT2D eigenvalue weighted by atomic mass is 9.77.